The molecule has 100 valence electrons. The summed E-state index contributed by atoms with van der Waals surface area (Å²) in [6.45, 7) is 0. The predicted octanol–water partition coefficient (Wildman–Crippen LogP) is 2.55. The summed E-state index contributed by atoms with van der Waals surface area (Å²) in [4.78, 5) is 0.320. The molecule has 0 atom stereocenters. The summed E-state index contributed by atoms with van der Waals surface area (Å²) in [5.74, 6) is 0. The van der Waals surface area contributed by atoms with E-state index in [1.54, 1.807) is 24.3 Å². The van der Waals surface area contributed by atoms with Gasteiger partial charge < -0.3 is 0 Å². The van der Waals surface area contributed by atoms with Crippen molar-refractivity contribution in [2.75, 3.05) is 23.7 Å². The number of hydrogen-bond acceptors (Lipinski definition) is 4. The van der Waals surface area contributed by atoms with E-state index in [4.69, 9.17) is 0 Å². The van der Waals surface area contributed by atoms with E-state index < -0.39 is 9.84 Å². The number of sulfone groups is 1. The number of hydrogen-bond donors (Lipinski definition) is 1. The molecule has 0 aliphatic heterocycles. The first-order valence-electron chi connectivity index (χ1n) is 5.82. The maximum Gasteiger partial charge on any atom is 0.175 e. The van der Waals surface area contributed by atoms with Gasteiger partial charge in [0, 0.05) is 13.3 Å². The average Bonchev–Trinajstić information content (AvgIpc) is 2.39. The van der Waals surface area contributed by atoms with Crippen LogP contribution in [-0.2, 0) is 9.84 Å². The highest BCUT2D eigenvalue weighted by Gasteiger charge is 2.06. The first-order valence-corrected chi connectivity index (χ1v) is 7.71. The van der Waals surface area contributed by atoms with Crippen LogP contribution in [-0.4, -0.2) is 21.7 Å². The topological polar surface area (TPSA) is 49.4 Å². The van der Waals surface area contributed by atoms with Crippen LogP contribution in [0.3, 0.4) is 0 Å². The Morgan fingerprint density at radius 3 is 2.05 bits per heavy atom. The normalized spacial score (nSPS) is 11.1. The molecule has 0 saturated carbocycles. The first-order chi connectivity index (χ1) is 8.97. The van der Waals surface area contributed by atoms with Gasteiger partial charge in [-0.25, -0.2) is 8.42 Å². The summed E-state index contributed by atoms with van der Waals surface area (Å²) < 4.78 is 22.7. The van der Waals surface area contributed by atoms with Crippen molar-refractivity contribution in [2.45, 2.75) is 4.90 Å². The third-order valence-electron chi connectivity index (χ3n) is 2.72. The summed E-state index contributed by atoms with van der Waals surface area (Å²) in [5, 5.41) is 1.87. The van der Waals surface area contributed by atoms with Gasteiger partial charge in [0.05, 0.1) is 16.3 Å². The zero-order valence-corrected chi connectivity index (χ0v) is 11.7. The maximum absolute atomic E-state index is 11.4. The number of benzene rings is 2. The molecule has 2 rings (SSSR count). The zero-order valence-electron chi connectivity index (χ0n) is 10.9. The second-order valence-electron chi connectivity index (χ2n) is 4.30. The van der Waals surface area contributed by atoms with Crippen LogP contribution < -0.4 is 10.4 Å². The van der Waals surface area contributed by atoms with Gasteiger partial charge in [-0.15, -0.1) is 0 Å². The van der Waals surface area contributed by atoms with Crippen LogP contribution in [0.15, 0.2) is 59.5 Å². The molecule has 5 heteroatoms. The van der Waals surface area contributed by atoms with E-state index >= 15 is 0 Å². The second kappa shape index (κ2) is 5.32. The van der Waals surface area contributed by atoms with Gasteiger partial charge in [-0.1, -0.05) is 18.2 Å². The SMILES string of the molecule is CN(Nc1ccc(S(C)(=O)=O)cc1)c1ccccc1. The van der Waals surface area contributed by atoms with Gasteiger partial charge in [0.1, 0.15) is 0 Å². The van der Waals surface area contributed by atoms with Crippen molar-refractivity contribution in [3.63, 3.8) is 0 Å². The third-order valence-corrected chi connectivity index (χ3v) is 3.85. The lowest BCUT2D eigenvalue weighted by atomic mass is 10.3. The number of nitrogens with zero attached hydrogens (tertiary/aromatic N) is 1. The Morgan fingerprint density at radius 1 is 0.947 bits per heavy atom. The van der Waals surface area contributed by atoms with Crippen LogP contribution in [0.25, 0.3) is 0 Å². The first kappa shape index (κ1) is 13.4. The molecule has 0 radical (unpaired) electrons. The van der Waals surface area contributed by atoms with Gasteiger partial charge in [0.25, 0.3) is 0 Å². The molecule has 0 aliphatic carbocycles. The number of hydrazine groups is 1. The lowest BCUT2D eigenvalue weighted by molar-refractivity contribution is 0.602. The van der Waals surface area contributed by atoms with E-state index in [2.05, 4.69) is 5.43 Å². The van der Waals surface area contributed by atoms with Crippen LogP contribution in [0, 0.1) is 0 Å². The fourth-order valence-corrected chi connectivity index (χ4v) is 2.32. The molecule has 2 aromatic carbocycles. The van der Waals surface area contributed by atoms with Gasteiger partial charge in [0.15, 0.2) is 9.84 Å². The molecule has 1 N–H and O–H groups in total. The van der Waals surface area contributed by atoms with Gasteiger partial charge >= 0.3 is 0 Å². The molecular weight excluding hydrogens is 260 g/mol. The third kappa shape index (κ3) is 3.48. The van der Waals surface area contributed by atoms with E-state index in [9.17, 15) is 8.42 Å². The standard InChI is InChI=1S/C14H16N2O2S/c1-16(13-6-4-3-5-7-13)15-12-8-10-14(11-9-12)19(2,17)18/h3-11,15H,1-2H3. The zero-order chi connectivity index (χ0) is 13.9. The highest BCUT2D eigenvalue weighted by Crippen LogP contribution is 2.17. The highest BCUT2D eigenvalue weighted by molar-refractivity contribution is 7.90. The largest absolute Gasteiger partial charge is 0.299 e. The van der Waals surface area contributed by atoms with Gasteiger partial charge in [-0.3, -0.25) is 10.4 Å². The number of rotatable bonds is 4. The fraction of sp³-hybridized carbons (Fsp3) is 0.143. The Morgan fingerprint density at radius 2 is 1.53 bits per heavy atom. The minimum atomic E-state index is -3.14. The second-order valence-corrected chi connectivity index (χ2v) is 6.32. The molecule has 19 heavy (non-hydrogen) atoms. The van der Waals surface area contributed by atoms with E-state index in [0.717, 1.165) is 11.4 Å². The van der Waals surface area contributed by atoms with E-state index in [1.807, 2.05) is 42.4 Å². The van der Waals surface area contributed by atoms with Crippen molar-refractivity contribution in [1.82, 2.24) is 0 Å². The highest BCUT2D eigenvalue weighted by atomic mass is 32.2. The van der Waals surface area contributed by atoms with Crippen molar-refractivity contribution in [3.8, 4) is 0 Å². The van der Waals surface area contributed by atoms with Crippen molar-refractivity contribution in [2.24, 2.45) is 0 Å². The van der Waals surface area contributed by atoms with E-state index in [0.29, 0.717) is 4.90 Å². The lowest BCUT2D eigenvalue weighted by Gasteiger charge is -2.21. The predicted molar refractivity (Wildman–Crippen MR) is 78.0 cm³/mol. The van der Waals surface area contributed by atoms with Crippen LogP contribution >= 0.6 is 0 Å². The van der Waals surface area contributed by atoms with Crippen molar-refractivity contribution >= 4 is 21.2 Å². The summed E-state index contributed by atoms with van der Waals surface area (Å²) in [7, 11) is -1.24. The minimum Gasteiger partial charge on any atom is -0.299 e. The molecule has 4 nitrogen and oxygen atoms in total. The van der Waals surface area contributed by atoms with Gasteiger partial charge in [-0.2, -0.15) is 0 Å². The fourth-order valence-electron chi connectivity index (χ4n) is 1.69. The summed E-state index contributed by atoms with van der Waals surface area (Å²) in [6.07, 6.45) is 1.20. The molecule has 0 aromatic heterocycles. The Bertz CT molecular complexity index is 637. The van der Waals surface area contributed by atoms with Crippen LogP contribution in [0.1, 0.15) is 0 Å². The Balaban J connectivity index is 2.12. The molecule has 0 bridgehead atoms. The molecule has 0 aliphatic rings. The van der Waals surface area contributed by atoms with Gasteiger partial charge in [0.2, 0.25) is 0 Å². The van der Waals surface area contributed by atoms with E-state index in [1.165, 1.54) is 6.26 Å². The molecule has 0 spiro atoms. The Hall–Kier alpha value is -2.01. The molecule has 0 saturated heterocycles. The number of para-hydroxylation sites is 1. The average molecular weight is 276 g/mol. The van der Waals surface area contributed by atoms with Crippen molar-refractivity contribution in [3.05, 3.63) is 54.6 Å². The molecule has 0 unspecified atom stereocenters. The number of nitrogens with one attached hydrogen (secondary N) is 1. The Labute approximate surface area is 113 Å². The molecule has 0 heterocycles. The van der Waals surface area contributed by atoms with E-state index in [-0.39, 0.29) is 0 Å². The molecular formula is C14H16N2O2S. The molecule has 0 fully saturated rings. The summed E-state index contributed by atoms with van der Waals surface area (Å²) >= 11 is 0. The van der Waals surface area contributed by atoms with Crippen LogP contribution in [0.2, 0.25) is 0 Å². The maximum atomic E-state index is 11.4. The summed E-state index contributed by atoms with van der Waals surface area (Å²) in [6, 6.07) is 16.5. The Kier molecular flexibility index (Phi) is 3.76. The molecule has 2 aromatic rings. The number of anilines is 2. The van der Waals surface area contributed by atoms with Crippen LogP contribution in [0.5, 0.6) is 0 Å². The van der Waals surface area contributed by atoms with Crippen molar-refractivity contribution < 1.29 is 8.42 Å². The van der Waals surface area contributed by atoms with Crippen molar-refractivity contribution in [1.29, 1.82) is 0 Å². The van der Waals surface area contributed by atoms with Crippen LogP contribution in [0.4, 0.5) is 11.4 Å². The van der Waals surface area contributed by atoms with Gasteiger partial charge in [-0.05, 0) is 36.4 Å². The lowest BCUT2D eigenvalue weighted by Crippen LogP contribution is -2.24. The monoisotopic (exact) mass is 276 g/mol. The smallest absolute Gasteiger partial charge is 0.175 e. The molecule has 0 amide bonds. The summed E-state index contributed by atoms with van der Waals surface area (Å²) in [5.41, 5.74) is 5.03. The quantitative estimate of drug-likeness (QED) is 0.872. The minimum absolute atomic E-state index is 0.320.